The zero-order valence-corrected chi connectivity index (χ0v) is 12.3. The molecular weight excluding hydrogens is 252 g/mol. The maximum Gasteiger partial charge on any atom is 0.314 e. The van der Waals surface area contributed by atoms with Gasteiger partial charge < -0.3 is 15.4 Å². The van der Waals surface area contributed by atoms with Crippen molar-refractivity contribution in [3.8, 4) is 0 Å². The third-order valence-corrected chi connectivity index (χ3v) is 3.90. The number of nitrogens with zero attached hydrogens (tertiary/aromatic N) is 1. The molecule has 0 radical (unpaired) electrons. The van der Waals surface area contributed by atoms with Crippen molar-refractivity contribution >= 4 is 5.97 Å². The summed E-state index contributed by atoms with van der Waals surface area (Å²) in [6.45, 7) is 4.73. The molecular formula is C16H24N2O2. The number of piperidine rings is 1. The quantitative estimate of drug-likeness (QED) is 0.849. The molecule has 4 nitrogen and oxygen atoms in total. The molecule has 1 aromatic carbocycles. The number of esters is 1. The fourth-order valence-corrected chi connectivity index (χ4v) is 3.06. The molecule has 1 heterocycles. The number of ether oxygens (including phenoxy) is 1. The molecule has 110 valence electrons. The van der Waals surface area contributed by atoms with E-state index in [2.05, 4.69) is 11.8 Å². The summed E-state index contributed by atoms with van der Waals surface area (Å²) in [7, 11) is 1.45. The Bertz CT molecular complexity index is 425. The molecule has 0 bridgehead atoms. The predicted molar refractivity (Wildman–Crippen MR) is 79.4 cm³/mol. The molecule has 1 aliphatic heterocycles. The van der Waals surface area contributed by atoms with Gasteiger partial charge in [-0.1, -0.05) is 37.3 Å². The van der Waals surface area contributed by atoms with Crippen LogP contribution >= 0.6 is 0 Å². The molecule has 20 heavy (non-hydrogen) atoms. The molecule has 3 unspecified atom stereocenters. The highest BCUT2D eigenvalue weighted by Gasteiger charge is 2.28. The van der Waals surface area contributed by atoms with Crippen LogP contribution in [0.25, 0.3) is 0 Å². The van der Waals surface area contributed by atoms with Crippen molar-refractivity contribution in [1.82, 2.24) is 4.90 Å². The SMILES string of the molecule is COC(=O)C(CN1CC(C)CC(N)C1)c1ccccc1. The second-order valence-electron chi connectivity index (χ2n) is 5.81. The Morgan fingerprint density at radius 1 is 1.40 bits per heavy atom. The molecule has 0 aliphatic carbocycles. The van der Waals surface area contributed by atoms with Gasteiger partial charge in [0.15, 0.2) is 0 Å². The summed E-state index contributed by atoms with van der Waals surface area (Å²) in [5, 5.41) is 0. The highest BCUT2D eigenvalue weighted by Crippen LogP contribution is 2.22. The summed E-state index contributed by atoms with van der Waals surface area (Å²) < 4.78 is 4.97. The van der Waals surface area contributed by atoms with Crippen LogP contribution in [-0.4, -0.2) is 43.7 Å². The number of benzene rings is 1. The number of nitrogens with two attached hydrogens (primary N) is 1. The lowest BCUT2D eigenvalue weighted by Gasteiger charge is -2.36. The lowest BCUT2D eigenvalue weighted by Crippen LogP contribution is -2.48. The highest BCUT2D eigenvalue weighted by atomic mass is 16.5. The van der Waals surface area contributed by atoms with Gasteiger partial charge in [-0.3, -0.25) is 4.79 Å². The third kappa shape index (κ3) is 3.81. The Hall–Kier alpha value is -1.39. The minimum atomic E-state index is -0.237. The van der Waals surface area contributed by atoms with Gasteiger partial charge in [0.1, 0.15) is 0 Å². The molecule has 0 spiro atoms. The summed E-state index contributed by atoms with van der Waals surface area (Å²) in [6, 6.07) is 10.0. The van der Waals surface area contributed by atoms with Gasteiger partial charge in [-0.15, -0.1) is 0 Å². The van der Waals surface area contributed by atoms with Gasteiger partial charge >= 0.3 is 5.97 Å². The van der Waals surface area contributed by atoms with E-state index in [4.69, 9.17) is 10.5 Å². The molecule has 1 aliphatic rings. The minimum absolute atomic E-state index is 0.178. The maximum absolute atomic E-state index is 12.1. The minimum Gasteiger partial charge on any atom is -0.469 e. The summed E-state index contributed by atoms with van der Waals surface area (Å²) in [5.74, 6) is 0.162. The summed E-state index contributed by atoms with van der Waals surface area (Å²) >= 11 is 0. The van der Waals surface area contributed by atoms with E-state index < -0.39 is 0 Å². The molecule has 1 aromatic rings. The molecule has 2 N–H and O–H groups in total. The van der Waals surface area contributed by atoms with Crippen LogP contribution in [0.4, 0.5) is 0 Å². The number of hydrogen-bond acceptors (Lipinski definition) is 4. The first-order chi connectivity index (χ1) is 9.60. The van der Waals surface area contributed by atoms with Gasteiger partial charge in [-0.25, -0.2) is 0 Å². The molecule has 3 atom stereocenters. The number of hydrogen-bond donors (Lipinski definition) is 1. The molecule has 1 saturated heterocycles. The average Bonchev–Trinajstić information content (AvgIpc) is 2.44. The van der Waals surface area contributed by atoms with Crippen LogP contribution < -0.4 is 5.73 Å². The third-order valence-electron chi connectivity index (χ3n) is 3.90. The van der Waals surface area contributed by atoms with Crippen LogP contribution in [0, 0.1) is 5.92 Å². The summed E-state index contributed by atoms with van der Waals surface area (Å²) in [5.41, 5.74) is 7.09. The van der Waals surface area contributed by atoms with E-state index >= 15 is 0 Å². The first kappa shape index (κ1) is 15.0. The zero-order valence-electron chi connectivity index (χ0n) is 12.3. The van der Waals surface area contributed by atoms with Crippen LogP contribution in [0.1, 0.15) is 24.8 Å². The van der Waals surface area contributed by atoms with Gasteiger partial charge in [0.2, 0.25) is 0 Å². The molecule has 0 saturated carbocycles. The van der Waals surface area contributed by atoms with Crippen molar-refractivity contribution in [3.05, 3.63) is 35.9 Å². The Morgan fingerprint density at radius 2 is 2.10 bits per heavy atom. The van der Waals surface area contributed by atoms with Crippen LogP contribution in [0.3, 0.4) is 0 Å². The first-order valence-corrected chi connectivity index (χ1v) is 7.21. The number of carbonyl (C=O) groups is 1. The Balaban J connectivity index is 2.10. The number of rotatable bonds is 4. The van der Waals surface area contributed by atoms with E-state index in [0.29, 0.717) is 12.5 Å². The van der Waals surface area contributed by atoms with Crippen LogP contribution in [0.2, 0.25) is 0 Å². The second-order valence-corrected chi connectivity index (χ2v) is 5.81. The van der Waals surface area contributed by atoms with Gasteiger partial charge in [0.05, 0.1) is 13.0 Å². The van der Waals surface area contributed by atoms with Gasteiger partial charge in [0.25, 0.3) is 0 Å². The van der Waals surface area contributed by atoms with Crippen molar-refractivity contribution < 1.29 is 9.53 Å². The number of carbonyl (C=O) groups excluding carboxylic acids is 1. The average molecular weight is 276 g/mol. The van der Waals surface area contributed by atoms with Gasteiger partial charge in [0, 0.05) is 25.7 Å². The highest BCUT2D eigenvalue weighted by molar-refractivity contribution is 5.78. The molecule has 2 rings (SSSR count). The smallest absolute Gasteiger partial charge is 0.314 e. The standard InChI is InChI=1S/C16H24N2O2/c1-12-8-14(17)10-18(9-12)11-15(16(19)20-2)13-6-4-3-5-7-13/h3-7,12,14-15H,8-11,17H2,1-2H3. The Morgan fingerprint density at radius 3 is 2.70 bits per heavy atom. The van der Waals surface area contributed by atoms with E-state index in [9.17, 15) is 4.79 Å². The van der Waals surface area contributed by atoms with Crippen LogP contribution in [0.5, 0.6) is 0 Å². The largest absolute Gasteiger partial charge is 0.469 e. The van der Waals surface area contributed by atoms with Crippen LogP contribution in [0.15, 0.2) is 30.3 Å². The summed E-state index contributed by atoms with van der Waals surface area (Å²) in [4.78, 5) is 14.4. The number of likely N-dealkylation sites (tertiary alicyclic amines) is 1. The normalized spacial score (nSPS) is 25.1. The predicted octanol–water partition coefficient (Wildman–Crippen LogP) is 1.61. The molecule has 1 fully saturated rings. The van der Waals surface area contributed by atoms with E-state index in [-0.39, 0.29) is 17.9 Å². The molecule has 0 amide bonds. The lowest BCUT2D eigenvalue weighted by atomic mass is 9.93. The number of methoxy groups -OCH3 is 1. The van der Waals surface area contributed by atoms with Crippen molar-refractivity contribution in [2.75, 3.05) is 26.7 Å². The van der Waals surface area contributed by atoms with Crippen molar-refractivity contribution in [1.29, 1.82) is 0 Å². The van der Waals surface area contributed by atoms with Crippen LogP contribution in [-0.2, 0) is 9.53 Å². The second kappa shape index (κ2) is 6.86. The lowest BCUT2D eigenvalue weighted by molar-refractivity contribution is -0.143. The maximum atomic E-state index is 12.1. The van der Waals surface area contributed by atoms with E-state index in [1.54, 1.807) is 0 Å². The van der Waals surface area contributed by atoms with Crippen molar-refractivity contribution in [2.45, 2.75) is 25.3 Å². The molecule has 0 aromatic heterocycles. The zero-order chi connectivity index (χ0) is 14.5. The fraction of sp³-hybridized carbons (Fsp3) is 0.562. The molecule has 4 heteroatoms. The van der Waals surface area contributed by atoms with E-state index in [1.165, 1.54) is 7.11 Å². The Labute approximate surface area is 120 Å². The van der Waals surface area contributed by atoms with Gasteiger partial charge in [-0.05, 0) is 17.9 Å². The van der Waals surface area contributed by atoms with E-state index in [1.807, 2.05) is 30.3 Å². The van der Waals surface area contributed by atoms with Gasteiger partial charge in [-0.2, -0.15) is 0 Å². The van der Waals surface area contributed by atoms with Crippen molar-refractivity contribution in [2.24, 2.45) is 11.7 Å². The summed E-state index contributed by atoms with van der Waals surface area (Å²) in [6.07, 6.45) is 1.06. The van der Waals surface area contributed by atoms with E-state index in [0.717, 1.165) is 25.1 Å². The Kier molecular flexibility index (Phi) is 5.15. The van der Waals surface area contributed by atoms with Crippen molar-refractivity contribution in [3.63, 3.8) is 0 Å². The first-order valence-electron chi connectivity index (χ1n) is 7.21. The monoisotopic (exact) mass is 276 g/mol. The fourth-order valence-electron chi connectivity index (χ4n) is 3.06. The topological polar surface area (TPSA) is 55.6 Å².